The van der Waals surface area contributed by atoms with Crippen LogP contribution < -0.4 is 10.1 Å². The van der Waals surface area contributed by atoms with Crippen LogP contribution in [0.3, 0.4) is 0 Å². The minimum absolute atomic E-state index is 0.240. The molecule has 0 atom stereocenters. The van der Waals surface area contributed by atoms with Gasteiger partial charge in [0, 0.05) is 18.9 Å². The zero-order valence-corrected chi connectivity index (χ0v) is 15.6. The molecule has 0 aliphatic rings. The fourth-order valence-corrected chi connectivity index (χ4v) is 3.06. The topological polar surface area (TPSA) is 97.7 Å². The average Bonchev–Trinajstić information content (AvgIpc) is 3.31. The van der Waals surface area contributed by atoms with Crippen LogP contribution in [0.4, 0.5) is 5.95 Å². The number of methoxy groups -OCH3 is 1. The third-order valence-electron chi connectivity index (χ3n) is 4.54. The van der Waals surface area contributed by atoms with Gasteiger partial charge in [-0.1, -0.05) is 30.3 Å². The number of amides is 1. The molecule has 0 radical (unpaired) electrons. The highest BCUT2D eigenvalue weighted by Crippen LogP contribution is 2.18. The number of nitrogens with one attached hydrogen (secondary N) is 2. The van der Waals surface area contributed by atoms with Gasteiger partial charge in [-0.05, 0) is 30.2 Å². The van der Waals surface area contributed by atoms with Gasteiger partial charge in [-0.3, -0.25) is 19.9 Å². The van der Waals surface area contributed by atoms with Crippen molar-refractivity contribution in [3.63, 3.8) is 0 Å². The lowest BCUT2D eigenvalue weighted by molar-refractivity contribution is 0.102. The Morgan fingerprint density at radius 1 is 1.14 bits per heavy atom. The summed E-state index contributed by atoms with van der Waals surface area (Å²) in [6.07, 6.45) is 1.49. The Morgan fingerprint density at radius 3 is 2.71 bits per heavy atom. The van der Waals surface area contributed by atoms with Crippen LogP contribution in [-0.2, 0) is 19.9 Å². The maximum absolute atomic E-state index is 12.6. The van der Waals surface area contributed by atoms with E-state index in [9.17, 15) is 4.79 Å². The zero-order valence-electron chi connectivity index (χ0n) is 15.6. The van der Waals surface area contributed by atoms with E-state index in [0.717, 1.165) is 23.1 Å². The predicted octanol–water partition coefficient (Wildman–Crippen LogP) is 2.74. The quantitative estimate of drug-likeness (QED) is 0.539. The number of rotatable bonds is 6. The number of aromatic amines is 1. The summed E-state index contributed by atoms with van der Waals surface area (Å²) in [5, 5.41) is 14.8. The highest BCUT2D eigenvalue weighted by molar-refractivity contribution is 6.10. The van der Waals surface area contributed by atoms with E-state index in [-0.39, 0.29) is 11.9 Å². The molecular weight excluding hydrogens is 356 g/mol. The van der Waals surface area contributed by atoms with Crippen molar-refractivity contribution in [2.45, 2.75) is 12.8 Å². The van der Waals surface area contributed by atoms with E-state index in [2.05, 4.69) is 25.6 Å². The van der Waals surface area contributed by atoms with E-state index in [1.807, 2.05) is 55.6 Å². The number of aryl methyl sites for hydroxylation is 3. The van der Waals surface area contributed by atoms with Gasteiger partial charge in [0.05, 0.1) is 12.6 Å². The number of fused-ring (bicyclic) bond motifs is 1. The van der Waals surface area contributed by atoms with Crippen LogP contribution in [0.15, 0.2) is 48.5 Å². The molecule has 0 aliphatic heterocycles. The number of benzene rings is 2. The number of ether oxygens (including phenoxy) is 1. The SMILES string of the molecule is COc1ccc(CCc2nc(NC(=O)c3nn(C)c4ccccc34)n[nH]2)cc1. The molecule has 1 amide bonds. The Kier molecular flexibility index (Phi) is 4.76. The van der Waals surface area contributed by atoms with Crippen molar-refractivity contribution in [2.24, 2.45) is 7.05 Å². The summed E-state index contributed by atoms with van der Waals surface area (Å²) in [5.41, 5.74) is 2.41. The Morgan fingerprint density at radius 2 is 1.93 bits per heavy atom. The first-order valence-electron chi connectivity index (χ1n) is 8.91. The fourth-order valence-electron chi connectivity index (χ4n) is 3.06. The number of hydrogen-bond acceptors (Lipinski definition) is 5. The molecule has 0 fully saturated rings. The highest BCUT2D eigenvalue weighted by atomic mass is 16.5. The third kappa shape index (κ3) is 3.57. The largest absolute Gasteiger partial charge is 0.497 e. The standard InChI is InChI=1S/C20H20N6O2/c1-26-16-6-4-3-5-15(16)18(25-26)19(27)22-20-21-17(23-24-20)12-9-13-7-10-14(28-2)11-8-13/h3-8,10-11H,9,12H2,1-2H3,(H2,21,22,23,24,27). The van der Waals surface area contributed by atoms with E-state index < -0.39 is 0 Å². The molecule has 28 heavy (non-hydrogen) atoms. The van der Waals surface area contributed by atoms with Crippen molar-refractivity contribution in [1.29, 1.82) is 0 Å². The molecule has 8 heteroatoms. The number of H-pyrrole nitrogens is 1. The monoisotopic (exact) mass is 376 g/mol. The van der Waals surface area contributed by atoms with E-state index in [0.29, 0.717) is 17.9 Å². The van der Waals surface area contributed by atoms with Crippen molar-refractivity contribution in [3.8, 4) is 5.75 Å². The Hall–Kier alpha value is -3.68. The van der Waals surface area contributed by atoms with Gasteiger partial charge in [-0.15, -0.1) is 5.10 Å². The number of aromatic nitrogens is 5. The second-order valence-corrected chi connectivity index (χ2v) is 6.40. The first kappa shape index (κ1) is 17.7. The van der Waals surface area contributed by atoms with Gasteiger partial charge in [-0.2, -0.15) is 10.1 Å². The smallest absolute Gasteiger partial charge is 0.279 e. The predicted molar refractivity (Wildman–Crippen MR) is 105 cm³/mol. The van der Waals surface area contributed by atoms with Crippen molar-refractivity contribution >= 4 is 22.8 Å². The average molecular weight is 376 g/mol. The normalized spacial score (nSPS) is 10.9. The van der Waals surface area contributed by atoms with Gasteiger partial charge in [0.25, 0.3) is 5.91 Å². The molecule has 142 valence electrons. The summed E-state index contributed by atoms with van der Waals surface area (Å²) in [7, 11) is 3.45. The van der Waals surface area contributed by atoms with Crippen molar-refractivity contribution in [3.05, 3.63) is 65.6 Å². The molecule has 2 heterocycles. The van der Waals surface area contributed by atoms with Crippen molar-refractivity contribution in [2.75, 3.05) is 12.4 Å². The molecule has 0 saturated heterocycles. The highest BCUT2D eigenvalue weighted by Gasteiger charge is 2.17. The lowest BCUT2D eigenvalue weighted by Crippen LogP contribution is -2.14. The lowest BCUT2D eigenvalue weighted by atomic mass is 10.1. The van der Waals surface area contributed by atoms with Crippen LogP contribution in [0.1, 0.15) is 21.9 Å². The first-order chi connectivity index (χ1) is 13.6. The number of para-hydroxylation sites is 1. The second-order valence-electron chi connectivity index (χ2n) is 6.40. The van der Waals surface area contributed by atoms with Crippen LogP contribution in [-0.4, -0.2) is 38.0 Å². The summed E-state index contributed by atoms with van der Waals surface area (Å²) in [4.78, 5) is 17.0. The van der Waals surface area contributed by atoms with Gasteiger partial charge >= 0.3 is 0 Å². The number of carbonyl (C=O) groups is 1. The maximum Gasteiger partial charge on any atom is 0.279 e. The summed E-state index contributed by atoms with van der Waals surface area (Å²) >= 11 is 0. The molecule has 2 N–H and O–H groups in total. The number of anilines is 1. The molecule has 0 bridgehead atoms. The van der Waals surface area contributed by atoms with Crippen LogP contribution in [0.2, 0.25) is 0 Å². The second kappa shape index (κ2) is 7.51. The molecule has 0 unspecified atom stereocenters. The van der Waals surface area contributed by atoms with Crippen LogP contribution >= 0.6 is 0 Å². The van der Waals surface area contributed by atoms with E-state index in [1.165, 1.54) is 5.56 Å². The minimum Gasteiger partial charge on any atom is -0.497 e. The van der Waals surface area contributed by atoms with Gasteiger partial charge in [0.15, 0.2) is 5.69 Å². The molecule has 2 aromatic heterocycles. The number of hydrogen-bond donors (Lipinski definition) is 2. The van der Waals surface area contributed by atoms with Gasteiger partial charge in [0.2, 0.25) is 5.95 Å². The number of carbonyl (C=O) groups excluding carboxylic acids is 1. The van der Waals surface area contributed by atoms with Crippen LogP contribution in [0.5, 0.6) is 5.75 Å². The lowest BCUT2D eigenvalue weighted by Gasteiger charge is -2.02. The Balaban J connectivity index is 1.41. The zero-order chi connectivity index (χ0) is 19.5. The molecule has 8 nitrogen and oxygen atoms in total. The van der Waals surface area contributed by atoms with Crippen molar-refractivity contribution < 1.29 is 9.53 Å². The molecule has 4 rings (SSSR count). The third-order valence-corrected chi connectivity index (χ3v) is 4.54. The minimum atomic E-state index is -0.336. The maximum atomic E-state index is 12.6. The molecule has 0 saturated carbocycles. The van der Waals surface area contributed by atoms with Gasteiger partial charge in [0.1, 0.15) is 11.6 Å². The Bertz CT molecular complexity index is 1110. The first-order valence-corrected chi connectivity index (χ1v) is 8.91. The molecule has 0 aliphatic carbocycles. The molecular formula is C20H20N6O2. The van der Waals surface area contributed by atoms with Gasteiger partial charge < -0.3 is 4.74 Å². The molecule has 0 spiro atoms. The number of nitrogens with zero attached hydrogens (tertiary/aromatic N) is 4. The van der Waals surface area contributed by atoms with E-state index >= 15 is 0 Å². The van der Waals surface area contributed by atoms with Crippen molar-refractivity contribution in [1.82, 2.24) is 25.0 Å². The van der Waals surface area contributed by atoms with E-state index in [1.54, 1.807) is 11.8 Å². The van der Waals surface area contributed by atoms with Crippen LogP contribution in [0, 0.1) is 0 Å². The summed E-state index contributed by atoms with van der Waals surface area (Å²) in [6, 6.07) is 15.5. The Labute approximate surface area is 161 Å². The summed E-state index contributed by atoms with van der Waals surface area (Å²) in [5.74, 6) is 1.44. The summed E-state index contributed by atoms with van der Waals surface area (Å²) < 4.78 is 6.84. The van der Waals surface area contributed by atoms with E-state index in [4.69, 9.17) is 4.74 Å². The molecule has 2 aromatic carbocycles. The fraction of sp³-hybridized carbons (Fsp3) is 0.200. The van der Waals surface area contributed by atoms with Crippen LogP contribution in [0.25, 0.3) is 10.9 Å². The van der Waals surface area contributed by atoms with Gasteiger partial charge in [-0.25, -0.2) is 0 Å². The summed E-state index contributed by atoms with van der Waals surface area (Å²) in [6.45, 7) is 0. The molecule has 4 aromatic rings.